The molecular weight excluding hydrogens is 128 g/mol. The molecule has 9 heavy (non-hydrogen) atoms. The van der Waals surface area contributed by atoms with Crippen molar-refractivity contribution in [2.45, 2.75) is 6.43 Å². The minimum absolute atomic E-state index is 0.158. The maximum absolute atomic E-state index is 11.6. The molecule has 1 aromatic rings. The molecule has 5 heteroatoms. The van der Waals surface area contributed by atoms with Gasteiger partial charge in [0.25, 0.3) is 6.43 Å². The largest absolute Gasteiger partial charge is 0.384 e. The van der Waals surface area contributed by atoms with E-state index < -0.39 is 6.43 Å². The SMILES string of the molecule is Nc1cc(C(F)F)n[nH]1. The first kappa shape index (κ1) is 6.00. The average molecular weight is 133 g/mol. The number of anilines is 1. The van der Waals surface area contributed by atoms with E-state index in [1.54, 1.807) is 0 Å². The molecule has 0 spiro atoms. The number of nitrogens with one attached hydrogen (secondary N) is 1. The fourth-order valence-electron chi connectivity index (χ4n) is 0.465. The average Bonchev–Trinajstić information content (AvgIpc) is 2.14. The molecule has 0 aliphatic heterocycles. The van der Waals surface area contributed by atoms with Crippen molar-refractivity contribution in [1.29, 1.82) is 0 Å². The third kappa shape index (κ3) is 1.16. The van der Waals surface area contributed by atoms with Gasteiger partial charge in [-0.1, -0.05) is 0 Å². The van der Waals surface area contributed by atoms with Crippen molar-refractivity contribution in [3.05, 3.63) is 11.8 Å². The van der Waals surface area contributed by atoms with Gasteiger partial charge in [-0.15, -0.1) is 0 Å². The molecule has 0 unspecified atom stereocenters. The lowest BCUT2D eigenvalue weighted by Crippen LogP contribution is -1.81. The van der Waals surface area contributed by atoms with Crippen LogP contribution in [0.2, 0.25) is 0 Å². The van der Waals surface area contributed by atoms with Gasteiger partial charge >= 0.3 is 0 Å². The van der Waals surface area contributed by atoms with Gasteiger partial charge in [0, 0.05) is 6.07 Å². The van der Waals surface area contributed by atoms with Crippen LogP contribution in [0.15, 0.2) is 6.07 Å². The van der Waals surface area contributed by atoms with E-state index in [1.807, 2.05) is 0 Å². The van der Waals surface area contributed by atoms with Gasteiger partial charge in [-0.2, -0.15) is 5.10 Å². The molecule has 1 heterocycles. The fraction of sp³-hybridized carbons (Fsp3) is 0.250. The Kier molecular flexibility index (Phi) is 1.33. The zero-order valence-corrected chi connectivity index (χ0v) is 4.44. The van der Waals surface area contributed by atoms with Crippen LogP contribution in [0.4, 0.5) is 14.6 Å². The fourth-order valence-corrected chi connectivity index (χ4v) is 0.465. The summed E-state index contributed by atoms with van der Waals surface area (Å²) in [6.45, 7) is 0. The number of rotatable bonds is 1. The van der Waals surface area contributed by atoms with Crippen molar-refractivity contribution in [2.24, 2.45) is 0 Å². The Labute approximate surface area is 49.9 Å². The summed E-state index contributed by atoms with van der Waals surface area (Å²) in [5.41, 5.74) is 4.75. The molecule has 0 aliphatic carbocycles. The highest BCUT2D eigenvalue weighted by Gasteiger charge is 2.09. The van der Waals surface area contributed by atoms with Crippen LogP contribution in [-0.4, -0.2) is 10.2 Å². The Bertz CT molecular complexity index is 195. The zero-order valence-electron chi connectivity index (χ0n) is 4.44. The molecule has 0 amide bonds. The summed E-state index contributed by atoms with van der Waals surface area (Å²) >= 11 is 0. The molecule has 0 fully saturated rings. The smallest absolute Gasteiger partial charge is 0.282 e. The Morgan fingerprint density at radius 1 is 1.67 bits per heavy atom. The molecule has 0 bridgehead atoms. The Hall–Kier alpha value is -1.13. The van der Waals surface area contributed by atoms with Crippen LogP contribution < -0.4 is 5.73 Å². The maximum Gasteiger partial charge on any atom is 0.282 e. The standard InChI is InChI=1S/C4H5F2N3/c5-4(6)2-1-3(7)9-8-2/h1,4H,(H3,7,8,9). The van der Waals surface area contributed by atoms with Gasteiger partial charge in [-0.3, -0.25) is 5.10 Å². The molecule has 1 aromatic heterocycles. The Morgan fingerprint density at radius 2 is 2.33 bits per heavy atom. The first-order valence-corrected chi connectivity index (χ1v) is 2.29. The number of hydrogen-bond donors (Lipinski definition) is 2. The lowest BCUT2D eigenvalue weighted by atomic mass is 10.4. The van der Waals surface area contributed by atoms with Crippen molar-refractivity contribution >= 4 is 5.82 Å². The quantitative estimate of drug-likeness (QED) is 0.598. The monoisotopic (exact) mass is 133 g/mol. The molecule has 50 valence electrons. The summed E-state index contributed by atoms with van der Waals surface area (Å²) < 4.78 is 23.3. The second-order valence-corrected chi connectivity index (χ2v) is 1.55. The van der Waals surface area contributed by atoms with E-state index in [1.165, 1.54) is 0 Å². The summed E-state index contributed by atoms with van der Waals surface area (Å²) in [6, 6.07) is 1.10. The minimum Gasteiger partial charge on any atom is -0.384 e. The van der Waals surface area contributed by atoms with E-state index in [2.05, 4.69) is 10.2 Å². The van der Waals surface area contributed by atoms with E-state index >= 15 is 0 Å². The van der Waals surface area contributed by atoms with Crippen LogP contribution in [0.25, 0.3) is 0 Å². The lowest BCUT2D eigenvalue weighted by molar-refractivity contribution is 0.146. The number of nitrogens with zero attached hydrogens (tertiary/aromatic N) is 1. The molecular formula is C4H5F2N3. The predicted molar refractivity (Wildman–Crippen MR) is 28.0 cm³/mol. The first-order valence-electron chi connectivity index (χ1n) is 2.29. The van der Waals surface area contributed by atoms with Crippen molar-refractivity contribution in [3.8, 4) is 0 Å². The molecule has 3 N–H and O–H groups in total. The molecule has 0 aliphatic rings. The van der Waals surface area contributed by atoms with E-state index in [4.69, 9.17) is 5.73 Å². The van der Waals surface area contributed by atoms with E-state index in [0.717, 1.165) is 6.07 Å². The third-order valence-electron chi connectivity index (χ3n) is 0.841. The second-order valence-electron chi connectivity index (χ2n) is 1.55. The Balaban J connectivity index is 2.85. The number of aromatic amines is 1. The highest BCUT2D eigenvalue weighted by Crippen LogP contribution is 2.16. The van der Waals surface area contributed by atoms with Crippen LogP contribution in [0.3, 0.4) is 0 Å². The van der Waals surface area contributed by atoms with Crippen molar-refractivity contribution in [1.82, 2.24) is 10.2 Å². The third-order valence-corrected chi connectivity index (χ3v) is 0.841. The normalized spacial score (nSPS) is 10.6. The van der Waals surface area contributed by atoms with Crippen LogP contribution >= 0.6 is 0 Å². The van der Waals surface area contributed by atoms with Crippen LogP contribution in [0, 0.1) is 0 Å². The molecule has 0 aromatic carbocycles. The number of H-pyrrole nitrogens is 1. The number of nitrogens with two attached hydrogens (primary N) is 1. The van der Waals surface area contributed by atoms with E-state index in [9.17, 15) is 8.78 Å². The predicted octanol–water partition coefficient (Wildman–Crippen LogP) is 0.929. The summed E-state index contributed by atoms with van der Waals surface area (Å²) in [7, 11) is 0. The van der Waals surface area contributed by atoms with E-state index in [-0.39, 0.29) is 11.5 Å². The van der Waals surface area contributed by atoms with Crippen LogP contribution in [0.1, 0.15) is 12.1 Å². The topological polar surface area (TPSA) is 54.7 Å². The summed E-state index contributed by atoms with van der Waals surface area (Å²) in [4.78, 5) is 0. The zero-order chi connectivity index (χ0) is 6.85. The van der Waals surface area contributed by atoms with Crippen molar-refractivity contribution in [2.75, 3.05) is 5.73 Å². The number of alkyl halides is 2. The summed E-state index contributed by atoms with van der Waals surface area (Å²) in [6.07, 6.45) is -2.54. The summed E-state index contributed by atoms with van der Waals surface area (Å²) in [5, 5.41) is 5.41. The van der Waals surface area contributed by atoms with Gasteiger partial charge in [-0.25, -0.2) is 8.78 Å². The van der Waals surface area contributed by atoms with Gasteiger partial charge in [0.05, 0.1) is 0 Å². The van der Waals surface area contributed by atoms with Gasteiger partial charge in [-0.05, 0) is 0 Å². The van der Waals surface area contributed by atoms with Crippen molar-refractivity contribution < 1.29 is 8.78 Å². The molecule has 0 saturated carbocycles. The number of aromatic nitrogens is 2. The highest BCUT2D eigenvalue weighted by atomic mass is 19.3. The molecule has 0 saturated heterocycles. The number of nitrogen functional groups attached to an aromatic ring is 1. The van der Waals surface area contributed by atoms with E-state index in [0.29, 0.717) is 0 Å². The summed E-state index contributed by atoms with van der Waals surface area (Å²) in [5.74, 6) is 0.158. The second kappa shape index (κ2) is 2.00. The molecule has 3 nitrogen and oxygen atoms in total. The van der Waals surface area contributed by atoms with Crippen LogP contribution in [0.5, 0.6) is 0 Å². The highest BCUT2D eigenvalue weighted by molar-refractivity contribution is 5.28. The number of hydrogen-bond acceptors (Lipinski definition) is 2. The maximum atomic E-state index is 11.6. The number of halogens is 2. The van der Waals surface area contributed by atoms with Gasteiger partial charge in [0.1, 0.15) is 11.5 Å². The van der Waals surface area contributed by atoms with Gasteiger partial charge < -0.3 is 5.73 Å². The lowest BCUT2D eigenvalue weighted by Gasteiger charge is -1.85. The van der Waals surface area contributed by atoms with Gasteiger partial charge in [0.2, 0.25) is 0 Å². The molecule has 0 radical (unpaired) electrons. The first-order chi connectivity index (χ1) is 4.20. The van der Waals surface area contributed by atoms with Gasteiger partial charge in [0.15, 0.2) is 0 Å². The molecule has 1 rings (SSSR count). The molecule has 0 atom stereocenters. The minimum atomic E-state index is -2.54. The van der Waals surface area contributed by atoms with Crippen LogP contribution in [-0.2, 0) is 0 Å². The Morgan fingerprint density at radius 3 is 2.56 bits per heavy atom. The van der Waals surface area contributed by atoms with Crippen molar-refractivity contribution in [3.63, 3.8) is 0 Å².